The van der Waals surface area contributed by atoms with Gasteiger partial charge in [-0.15, -0.1) is 0 Å². The van der Waals surface area contributed by atoms with Crippen LogP contribution in [-0.4, -0.2) is 77.0 Å². The lowest BCUT2D eigenvalue weighted by molar-refractivity contribution is -0.139. The third-order valence-electron chi connectivity index (χ3n) is 6.47. The van der Waals surface area contributed by atoms with E-state index in [1.165, 1.54) is 0 Å². The summed E-state index contributed by atoms with van der Waals surface area (Å²) in [7, 11) is 0. The van der Waals surface area contributed by atoms with Gasteiger partial charge in [-0.25, -0.2) is 4.79 Å². The van der Waals surface area contributed by atoms with Gasteiger partial charge < -0.3 is 24.5 Å². The number of nitrogens with one attached hydrogen (secondary N) is 1. The van der Waals surface area contributed by atoms with E-state index in [9.17, 15) is 14.4 Å². The van der Waals surface area contributed by atoms with Crippen molar-refractivity contribution >= 4 is 23.7 Å². The molecule has 1 N–H and O–H groups in total. The van der Waals surface area contributed by atoms with Gasteiger partial charge in [-0.2, -0.15) is 0 Å². The number of anilines is 1. The van der Waals surface area contributed by atoms with Crippen molar-refractivity contribution in [2.75, 3.05) is 44.6 Å². The predicted molar refractivity (Wildman–Crippen MR) is 110 cm³/mol. The average Bonchev–Trinajstić information content (AvgIpc) is 3.45. The fraction of sp³-hybridized carbons (Fsp3) is 0.714. The highest BCUT2D eigenvalue weighted by Gasteiger charge is 2.35. The summed E-state index contributed by atoms with van der Waals surface area (Å²) in [5.74, 6) is 0.867. The number of aromatic nitrogens is 1. The molecule has 164 valence electrons. The molecule has 0 aliphatic carbocycles. The van der Waals surface area contributed by atoms with E-state index in [4.69, 9.17) is 4.52 Å². The highest BCUT2D eigenvalue weighted by atomic mass is 16.5. The number of rotatable bonds is 3. The van der Waals surface area contributed by atoms with Crippen molar-refractivity contribution in [1.29, 1.82) is 0 Å². The van der Waals surface area contributed by atoms with Crippen LogP contribution >= 0.6 is 0 Å². The molecule has 3 fully saturated rings. The second-order valence-electron chi connectivity index (χ2n) is 8.67. The maximum Gasteiger partial charge on any atom is 0.320 e. The molecule has 0 unspecified atom stereocenters. The Hall–Kier alpha value is -2.58. The summed E-state index contributed by atoms with van der Waals surface area (Å²) in [6.45, 7) is 5.84. The number of nitrogens with zero attached hydrogens (tertiary/aromatic N) is 4. The summed E-state index contributed by atoms with van der Waals surface area (Å²) in [5.41, 5.74) is 0. The number of hydrogen-bond donors (Lipinski definition) is 1. The van der Waals surface area contributed by atoms with E-state index >= 15 is 0 Å². The number of likely N-dealkylation sites (tertiary alicyclic amines) is 3. The van der Waals surface area contributed by atoms with Crippen molar-refractivity contribution in [3.8, 4) is 0 Å². The van der Waals surface area contributed by atoms with Crippen LogP contribution < -0.4 is 5.32 Å². The minimum Gasteiger partial charge on any atom is -0.360 e. The Kier molecular flexibility index (Phi) is 6.24. The molecule has 3 aliphatic heterocycles. The Labute approximate surface area is 176 Å². The molecule has 1 atom stereocenters. The number of piperidine rings is 2. The topological polar surface area (TPSA) is 99.0 Å². The van der Waals surface area contributed by atoms with Crippen LogP contribution in [0.3, 0.4) is 0 Å². The summed E-state index contributed by atoms with van der Waals surface area (Å²) in [4.78, 5) is 43.8. The Morgan fingerprint density at radius 1 is 0.933 bits per heavy atom. The first-order valence-electron chi connectivity index (χ1n) is 11.1. The van der Waals surface area contributed by atoms with Crippen molar-refractivity contribution in [2.24, 2.45) is 11.8 Å². The maximum absolute atomic E-state index is 13.1. The smallest absolute Gasteiger partial charge is 0.320 e. The zero-order valence-corrected chi connectivity index (χ0v) is 17.6. The SMILES string of the molecule is Cc1cc(NC(=O)C2CCN(C(=O)[C@@H]3CCCN(C(=O)N4CCCC4)C3)CC2)no1. The molecule has 3 aliphatic rings. The fourth-order valence-corrected chi connectivity index (χ4v) is 4.73. The fourth-order valence-electron chi connectivity index (χ4n) is 4.73. The molecule has 0 spiro atoms. The maximum atomic E-state index is 13.1. The van der Waals surface area contributed by atoms with Gasteiger partial charge in [0.15, 0.2) is 5.82 Å². The first-order chi connectivity index (χ1) is 14.5. The Morgan fingerprint density at radius 3 is 2.30 bits per heavy atom. The van der Waals surface area contributed by atoms with Gasteiger partial charge in [-0.3, -0.25) is 9.59 Å². The molecule has 4 heterocycles. The molecule has 4 rings (SSSR count). The van der Waals surface area contributed by atoms with Crippen LogP contribution in [0.15, 0.2) is 10.6 Å². The first-order valence-corrected chi connectivity index (χ1v) is 11.1. The van der Waals surface area contributed by atoms with Crippen molar-refractivity contribution in [3.63, 3.8) is 0 Å². The molecule has 4 amide bonds. The lowest BCUT2D eigenvalue weighted by atomic mass is 9.92. The molecular weight excluding hydrogens is 386 g/mol. The lowest BCUT2D eigenvalue weighted by Gasteiger charge is -2.38. The zero-order valence-electron chi connectivity index (χ0n) is 17.6. The Morgan fingerprint density at radius 2 is 1.63 bits per heavy atom. The number of aryl methyl sites for hydroxylation is 1. The van der Waals surface area contributed by atoms with Crippen LogP contribution in [0.5, 0.6) is 0 Å². The quantitative estimate of drug-likeness (QED) is 0.812. The van der Waals surface area contributed by atoms with E-state index in [0.29, 0.717) is 44.1 Å². The monoisotopic (exact) mass is 417 g/mol. The minimum absolute atomic E-state index is 0.0737. The number of carbonyl (C=O) groups excluding carboxylic acids is 3. The predicted octanol–water partition coefficient (Wildman–Crippen LogP) is 2.09. The van der Waals surface area contributed by atoms with Gasteiger partial charge in [0, 0.05) is 51.3 Å². The molecule has 0 bridgehead atoms. The van der Waals surface area contributed by atoms with Crippen molar-refractivity contribution in [2.45, 2.75) is 45.4 Å². The number of hydrogen-bond acceptors (Lipinski definition) is 5. The van der Waals surface area contributed by atoms with E-state index in [0.717, 1.165) is 45.3 Å². The molecule has 0 aromatic carbocycles. The molecule has 1 aromatic heterocycles. The Balaban J connectivity index is 1.26. The molecule has 0 saturated carbocycles. The second kappa shape index (κ2) is 9.06. The average molecular weight is 418 g/mol. The largest absolute Gasteiger partial charge is 0.360 e. The number of urea groups is 1. The van der Waals surface area contributed by atoms with E-state index in [1.807, 2.05) is 14.7 Å². The van der Waals surface area contributed by atoms with E-state index in [-0.39, 0.29) is 29.7 Å². The third kappa shape index (κ3) is 4.60. The highest BCUT2D eigenvalue weighted by Crippen LogP contribution is 2.25. The summed E-state index contributed by atoms with van der Waals surface area (Å²) >= 11 is 0. The molecule has 30 heavy (non-hydrogen) atoms. The lowest BCUT2D eigenvalue weighted by Crippen LogP contribution is -2.51. The van der Waals surface area contributed by atoms with E-state index < -0.39 is 0 Å². The van der Waals surface area contributed by atoms with Crippen LogP contribution in [0.25, 0.3) is 0 Å². The van der Waals surface area contributed by atoms with Crippen LogP contribution in [0.1, 0.15) is 44.3 Å². The molecule has 3 saturated heterocycles. The Bertz CT molecular complexity index is 780. The number of amides is 4. The van der Waals surface area contributed by atoms with Crippen LogP contribution in [0.2, 0.25) is 0 Å². The molecule has 1 aromatic rings. The van der Waals surface area contributed by atoms with E-state index in [2.05, 4.69) is 10.5 Å². The molecular formula is C21H31N5O4. The summed E-state index contributed by atoms with van der Waals surface area (Å²) in [5, 5.41) is 6.59. The van der Waals surface area contributed by atoms with Crippen molar-refractivity contribution < 1.29 is 18.9 Å². The van der Waals surface area contributed by atoms with Gasteiger partial charge in [0.25, 0.3) is 0 Å². The minimum atomic E-state index is -0.134. The van der Waals surface area contributed by atoms with Gasteiger partial charge in [0.05, 0.1) is 5.92 Å². The second-order valence-corrected chi connectivity index (χ2v) is 8.67. The zero-order chi connectivity index (χ0) is 21.1. The van der Waals surface area contributed by atoms with Gasteiger partial charge >= 0.3 is 6.03 Å². The molecule has 9 heteroatoms. The summed E-state index contributed by atoms with van der Waals surface area (Å²) in [6.07, 6.45) is 5.11. The van der Waals surface area contributed by atoms with Gasteiger partial charge in [-0.1, -0.05) is 5.16 Å². The summed E-state index contributed by atoms with van der Waals surface area (Å²) < 4.78 is 4.98. The van der Waals surface area contributed by atoms with Crippen LogP contribution in [-0.2, 0) is 9.59 Å². The normalized spacial score (nSPS) is 23.0. The van der Waals surface area contributed by atoms with E-state index in [1.54, 1.807) is 13.0 Å². The highest BCUT2D eigenvalue weighted by molar-refractivity contribution is 5.92. The number of carbonyl (C=O) groups is 3. The van der Waals surface area contributed by atoms with Crippen molar-refractivity contribution in [3.05, 3.63) is 11.8 Å². The third-order valence-corrected chi connectivity index (χ3v) is 6.47. The van der Waals surface area contributed by atoms with Crippen LogP contribution in [0.4, 0.5) is 10.6 Å². The van der Waals surface area contributed by atoms with Gasteiger partial charge in [0.1, 0.15) is 5.76 Å². The van der Waals surface area contributed by atoms with Gasteiger partial charge in [0.2, 0.25) is 11.8 Å². The molecule has 0 radical (unpaired) electrons. The molecule has 9 nitrogen and oxygen atoms in total. The standard InChI is InChI=1S/C21H31N5O4/c1-15-13-18(23-30-15)22-19(27)16-6-11-24(12-7-16)20(28)17-5-4-10-26(14-17)21(29)25-8-2-3-9-25/h13,16-17H,2-12,14H2,1H3,(H,22,23,27)/t17-/m1/s1. The summed E-state index contributed by atoms with van der Waals surface area (Å²) in [6, 6.07) is 1.78. The first kappa shape index (κ1) is 20.7. The van der Waals surface area contributed by atoms with Gasteiger partial charge in [-0.05, 0) is 45.4 Å². The van der Waals surface area contributed by atoms with Crippen LogP contribution in [0, 0.1) is 18.8 Å². The van der Waals surface area contributed by atoms with Crippen molar-refractivity contribution in [1.82, 2.24) is 19.9 Å².